The summed E-state index contributed by atoms with van der Waals surface area (Å²) in [4.78, 5) is 35.5. The van der Waals surface area contributed by atoms with Crippen LogP contribution < -0.4 is 14.2 Å². The van der Waals surface area contributed by atoms with Gasteiger partial charge in [-0.3, -0.25) is 4.79 Å². The van der Waals surface area contributed by atoms with E-state index in [1.54, 1.807) is 57.2 Å². The summed E-state index contributed by atoms with van der Waals surface area (Å²) in [7, 11) is 0. The molecule has 0 saturated carbocycles. The molecule has 6 nitrogen and oxygen atoms in total. The largest absolute Gasteiger partial charge is 0.426 e. The van der Waals surface area contributed by atoms with Gasteiger partial charge in [0, 0.05) is 17.6 Å². The summed E-state index contributed by atoms with van der Waals surface area (Å²) in [6, 6.07) is 19.5. The van der Waals surface area contributed by atoms with Crippen molar-refractivity contribution in [2.45, 2.75) is 27.2 Å². The number of hydrogen-bond acceptors (Lipinski definition) is 6. The lowest BCUT2D eigenvalue weighted by Crippen LogP contribution is -2.08. The molecule has 0 aliphatic carbocycles. The lowest BCUT2D eigenvalue weighted by Gasteiger charge is -2.12. The Morgan fingerprint density at radius 1 is 0.600 bits per heavy atom. The molecule has 6 heteroatoms. The summed E-state index contributed by atoms with van der Waals surface area (Å²) in [5, 5.41) is 0. The van der Waals surface area contributed by atoms with Crippen LogP contribution in [0.15, 0.2) is 91.0 Å². The zero-order valence-corrected chi connectivity index (χ0v) is 19.9. The molecule has 0 radical (unpaired) electrons. The Bertz CT molecular complexity index is 1190. The topological polar surface area (TPSA) is 78.9 Å². The number of carbonyl (C=O) groups is 3. The SMILES string of the molecule is C=C(C)C(=O)Oc1ccc(-c2cc(OC(=O)CC)cc(-c3ccc(OC(=O)C(=C)C)cc3)c2)cc1. The van der Waals surface area contributed by atoms with Gasteiger partial charge in [0.2, 0.25) is 0 Å². The van der Waals surface area contributed by atoms with Gasteiger partial charge in [-0.2, -0.15) is 0 Å². The molecule has 0 fully saturated rings. The molecule has 0 atom stereocenters. The van der Waals surface area contributed by atoms with Crippen LogP contribution in [0.3, 0.4) is 0 Å². The second kappa shape index (κ2) is 11.1. The highest BCUT2D eigenvalue weighted by Gasteiger charge is 2.11. The van der Waals surface area contributed by atoms with E-state index in [0.29, 0.717) is 28.4 Å². The number of ether oxygens (including phenoxy) is 3. The summed E-state index contributed by atoms with van der Waals surface area (Å²) < 4.78 is 16.0. The van der Waals surface area contributed by atoms with Crippen molar-refractivity contribution < 1.29 is 28.6 Å². The van der Waals surface area contributed by atoms with Crippen LogP contribution in [-0.2, 0) is 14.4 Å². The fourth-order valence-electron chi connectivity index (χ4n) is 3.01. The van der Waals surface area contributed by atoms with Crippen LogP contribution in [0, 0.1) is 0 Å². The number of hydrogen-bond donors (Lipinski definition) is 0. The standard InChI is InChI=1S/C29H26O6/c1-6-27(30)33-26-16-22(20-7-11-24(12-8-20)34-28(31)18(2)3)15-23(17-26)21-9-13-25(14-10-21)35-29(32)19(4)5/h7-17H,2,4,6H2,1,3,5H3. The molecular formula is C29H26O6. The van der Waals surface area contributed by atoms with E-state index < -0.39 is 11.9 Å². The molecule has 35 heavy (non-hydrogen) atoms. The molecule has 3 aromatic rings. The van der Waals surface area contributed by atoms with Crippen LogP contribution in [0.4, 0.5) is 0 Å². The van der Waals surface area contributed by atoms with Gasteiger partial charge in [0.25, 0.3) is 0 Å². The maximum Gasteiger partial charge on any atom is 0.338 e. The Morgan fingerprint density at radius 2 is 1.00 bits per heavy atom. The number of esters is 3. The van der Waals surface area contributed by atoms with E-state index in [1.165, 1.54) is 0 Å². The van der Waals surface area contributed by atoms with E-state index >= 15 is 0 Å². The van der Waals surface area contributed by atoms with Gasteiger partial charge >= 0.3 is 17.9 Å². The first-order chi connectivity index (χ1) is 16.7. The first-order valence-electron chi connectivity index (χ1n) is 11.0. The molecular weight excluding hydrogens is 444 g/mol. The predicted octanol–water partition coefficient (Wildman–Crippen LogP) is 6.30. The van der Waals surface area contributed by atoms with Crippen molar-refractivity contribution in [2.24, 2.45) is 0 Å². The van der Waals surface area contributed by atoms with Gasteiger partial charge < -0.3 is 14.2 Å². The van der Waals surface area contributed by atoms with Crippen molar-refractivity contribution in [3.05, 3.63) is 91.0 Å². The van der Waals surface area contributed by atoms with Gasteiger partial charge in [0.1, 0.15) is 17.2 Å². The van der Waals surface area contributed by atoms with Gasteiger partial charge in [-0.1, -0.05) is 44.3 Å². The molecule has 178 valence electrons. The van der Waals surface area contributed by atoms with Gasteiger partial charge in [0.15, 0.2) is 0 Å². The van der Waals surface area contributed by atoms with E-state index in [0.717, 1.165) is 22.3 Å². The highest BCUT2D eigenvalue weighted by Crippen LogP contribution is 2.33. The Labute approximate surface area is 204 Å². The molecule has 3 rings (SSSR count). The highest BCUT2D eigenvalue weighted by atomic mass is 16.5. The zero-order chi connectivity index (χ0) is 25.5. The molecule has 0 saturated heterocycles. The Morgan fingerprint density at radius 3 is 1.34 bits per heavy atom. The average molecular weight is 471 g/mol. The van der Waals surface area contributed by atoms with Crippen molar-refractivity contribution in [2.75, 3.05) is 0 Å². The number of rotatable bonds is 8. The van der Waals surface area contributed by atoms with Crippen molar-refractivity contribution in [1.82, 2.24) is 0 Å². The molecule has 3 aromatic carbocycles. The maximum absolute atomic E-state index is 11.9. The monoisotopic (exact) mass is 470 g/mol. The number of benzene rings is 3. The minimum atomic E-state index is -0.495. The van der Waals surface area contributed by atoms with Gasteiger partial charge in [-0.15, -0.1) is 0 Å². The molecule has 0 spiro atoms. The quantitative estimate of drug-likeness (QED) is 0.218. The van der Waals surface area contributed by atoms with Crippen molar-refractivity contribution in [3.8, 4) is 39.5 Å². The first kappa shape index (κ1) is 25.2. The van der Waals surface area contributed by atoms with Gasteiger partial charge in [0.05, 0.1) is 0 Å². The molecule has 0 aliphatic rings. The van der Waals surface area contributed by atoms with Gasteiger partial charge in [-0.25, -0.2) is 9.59 Å². The van der Waals surface area contributed by atoms with Crippen molar-refractivity contribution in [1.29, 1.82) is 0 Å². The second-order valence-electron chi connectivity index (χ2n) is 7.96. The van der Waals surface area contributed by atoms with Gasteiger partial charge in [-0.05, 0) is 78.6 Å². The van der Waals surface area contributed by atoms with Crippen LogP contribution in [0.2, 0.25) is 0 Å². The van der Waals surface area contributed by atoms with Crippen molar-refractivity contribution >= 4 is 17.9 Å². The minimum absolute atomic E-state index is 0.241. The van der Waals surface area contributed by atoms with Crippen molar-refractivity contribution in [3.63, 3.8) is 0 Å². The van der Waals surface area contributed by atoms with Crippen LogP contribution in [0.5, 0.6) is 17.2 Å². The summed E-state index contributed by atoms with van der Waals surface area (Å²) in [5.74, 6) is -0.139. The molecule has 0 bridgehead atoms. The highest BCUT2D eigenvalue weighted by molar-refractivity contribution is 5.89. The zero-order valence-electron chi connectivity index (χ0n) is 19.9. The fourth-order valence-corrected chi connectivity index (χ4v) is 3.01. The third kappa shape index (κ3) is 6.77. The maximum atomic E-state index is 11.9. The van der Waals surface area contributed by atoms with E-state index in [4.69, 9.17) is 14.2 Å². The molecule has 0 heterocycles. The lowest BCUT2D eigenvalue weighted by molar-refractivity contribution is -0.134. The Balaban J connectivity index is 1.94. The minimum Gasteiger partial charge on any atom is -0.426 e. The van der Waals surface area contributed by atoms with Crippen LogP contribution in [-0.4, -0.2) is 17.9 Å². The summed E-state index contributed by atoms with van der Waals surface area (Å²) in [6.07, 6.45) is 0.241. The fraction of sp³-hybridized carbons (Fsp3) is 0.138. The van der Waals surface area contributed by atoms with E-state index in [1.807, 2.05) is 30.3 Å². The van der Waals surface area contributed by atoms with E-state index in [-0.39, 0.29) is 12.4 Å². The molecule has 0 N–H and O–H groups in total. The third-order valence-corrected chi connectivity index (χ3v) is 4.92. The Kier molecular flexibility index (Phi) is 8.00. The summed E-state index contributed by atoms with van der Waals surface area (Å²) >= 11 is 0. The molecule has 0 amide bonds. The number of carbonyl (C=O) groups excluding carboxylic acids is 3. The summed E-state index contributed by atoms with van der Waals surface area (Å²) in [6.45, 7) is 12.0. The van der Waals surface area contributed by atoms with Crippen LogP contribution >= 0.6 is 0 Å². The predicted molar refractivity (Wildman–Crippen MR) is 134 cm³/mol. The third-order valence-electron chi connectivity index (χ3n) is 4.92. The lowest BCUT2D eigenvalue weighted by atomic mass is 9.98. The van der Waals surface area contributed by atoms with Crippen LogP contribution in [0.25, 0.3) is 22.3 Å². The normalized spacial score (nSPS) is 10.3. The van der Waals surface area contributed by atoms with E-state index in [2.05, 4.69) is 13.2 Å². The van der Waals surface area contributed by atoms with E-state index in [9.17, 15) is 14.4 Å². The first-order valence-corrected chi connectivity index (χ1v) is 11.0. The average Bonchev–Trinajstić information content (AvgIpc) is 2.84. The molecule has 0 unspecified atom stereocenters. The molecule has 0 aliphatic heterocycles. The molecule has 0 aromatic heterocycles. The second-order valence-corrected chi connectivity index (χ2v) is 7.96. The Hall–Kier alpha value is -4.45. The smallest absolute Gasteiger partial charge is 0.338 e. The van der Waals surface area contributed by atoms with Crippen LogP contribution in [0.1, 0.15) is 27.2 Å². The summed E-state index contributed by atoms with van der Waals surface area (Å²) in [5.41, 5.74) is 3.90.